The maximum Gasteiger partial charge on any atom is 0.242 e. The lowest BCUT2D eigenvalue weighted by Gasteiger charge is -2.24. The molecule has 1 amide bonds. The molecule has 5 heteroatoms. The highest BCUT2D eigenvalue weighted by molar-refractivity contribution is 5.89. The number of benzene rings is 2. The van der Waals surface area contributed by atoms with E-state index < -0.39 is 0 Å². The molecule has 27 heavy (non-hydrogen) atoms. The van der Waals surface area contributed by atoms with Crippen molar-refractivity contribution in [1.82, 2.24) is 9.47 Å². The Balaban J connectivity index is 1.70. The van der Waals surface area contributed by atoms with Gasteiger partial charge in [0.15, 0.2) is 0 Å². The van der Waals surface area contributed by atoms with Crippen LogP contribution in [-0.2, 0) is 11.3 Å². The molecule has 2 unspecified atom stereocenters. The molecular formula is C22H24N2O3. The van der Waals surface area contributed by atoms with Gasteiger partial charge in [0.2, 0.25) is 5.91 Å². The Bertz CT molecular complexity index is 935. The summed E-state index contributed by atoms with van der Waals surface area (Å²) in [5.74, 6) is 0.0182. The number of nitrogens with zero attached hydrogens (tertiary/aromatic N) is 2. The molecule has 2 N–H and O–H groups in total. The fourth-order valence-corrected chi connectivity index (χ4v) is 4.08. The summed E-state index contributed by atoms with van der Waals surface area (Å²) >= 11 is 0. The molecule has 140 valence electrons. The van der Waals surface area contributed by atoms with Crippen LogP contribution in [0, 0.1) is 5.92 Å². The lowest BCUT2D eigenvalue weighted by molar-refractivity contribution is -0.133. The summed E-state index contributed by atoms with van der Waals surface area (Å²) in [6.45, 7) is 0.690. The third-order valence-electron chi connectivity index (χ3n) is 5.46. The molecule has 2 aromatic carbocycles. The molecule has 0 aliphatic carbocycles. The van der Waals surface area contributed by atoms with E-state index in [2.05, 4.69) is 12.1 Å². The second kappa shape index (κ2) is 7.55. The van der Waals surface area contributed by atoms with Crippen LogP contribution in [0.1, 0.15) is 6.42 Å². The Hall–Kier alpha value is -2.63. The van der Waals surface area contributed by atoms with Gasteiger partial charge in [-0.2, -0.15) is 0 Å². The number of hydrogen-bond acceptors (Lipinski definition) is 3. The van der Waals surface area contributed by atoms with Gasteiger partial charge in [0.05, 0.1) is 12.6 Å². The molecule has 0 saturated carbocycles. The molecule has 1 aromatic heterocycles. The van der Waals surface area contributed by atoms with Gasteiger partial charge >= 0.3 is 0 Å². The number of para-hydroxylation sites is 1. The summed E-state index contributed by atoms with van der Waals surface area (Å²) in [5.41, 5.74) is 3.08. The molecule has 2 heterocycles. The molecule has 0 radical (unpaired) electrons. The predicted molar refractivity (Wildman–Crippen MR) is 105 cm³/mol. The van der Waals surface area contributed by atoms with Crippen molar-refractivity contribution in [3.8, 4) is 11.3 Å². The molecule has 1 aliphatic rings. The number of fused-ring (bicyclic) bond motifs is 1. The minimum atomic E-state index is -0.211. The lowest BCUT2D eigenvalue weighted by atomic mass is 10.1. The lowest BCUT2D eigenvalue weighted by Crippen LogP contribution is -2.39. The van der Waals surface area contributed by atoms with Crippen LogP contribution < -0.4 is 0 Å². The number of rotatable bonds is 5. The normalized spacial score (nSPS) is 19.7. The number of aliphatic hydroxyl groups excluding tert-OH is 2. The number of hydrogen-bond donors (Lipinski definition) is 2. The summed E-state index contributed by atoms with van der Waals surface area (Å²) in [6.07, 6.45) is 0.650. The highest BCUT2D eigenvalue weighted by atomic mass is 16.3. The van der Waals surface area contributed by atoms with Crippen molar-refractivity contribution in [3.05, 3.63) is 60.7 Å². The van der Waals surface area contributed by atoms with Crippen molar-refractivity contribution >= 4 is 16.8 Å². The van der Waals surface area contributed by atoms with E-state index in [-0.39, 0.29) is 37.6 Å². The van der Waals surface area contributed by atoms with Crippen molar-refractivity contribution in [3.63, 3.8) is 0 Å². The highest BCUT2D eigenvalue weighted by Crippen LogP contribution is 2.29. The SMILES string of the molecule is O=C(Cn1c(-c2ccccc2)cc2ccccc21)N1CC(CO)CC1CO. The van der Waals surface area contributed by atoms with Gasteiger partial charge < -0.3 is 19.7 Å². The van der Waals surface area contributed by atoms with Gasteiger partial charge in [0.1, 0.15) is 6.54 Å². The first-order valence-corrected chi connectivity index (χ1v) is 9.36. The van der Waals surface area contributed by atoms with Crippen LogP contribution in [0.2, 0.25) is 0 Å². The van der Waals surface area contributed by atoms with Crippen molar-refractivity contribution < 1.29 is 15.0 Å². The van der Waals surface area contributed by atoms with E-state index in [4.69, 9.17) is 0 Å². The predicted octanol–water partition coefficient (Wildman–Crippen LogP) is 2.51. The third kappa shape index (κ3) is 3.36. The topological polar surface area (TPSA) is 65.7 Å². The van der Waals surface area contributed by atoms with E-state index in [9.17, 15) is 15.0 Å². The van der Waals surface area contributed by atoms with Gasteiger partial charge in [-0.1, -0.05) is 48.5 Å². The van der Waals surface area contributed by atoms with Gasteiger partial charge in [0.25, 0.3) is 0 Å². The van der Waals surface area contributed by atoms with Crippen molar-refractivity contribution in [2.24, 2.45) is 5.92 Å². The fourth-order valence-electron chi connectivity index (χ4n) is 4.08. The smallest absolute Gasteiger partial charge is 0.242 e. The van der Waals surface area contributed by atoms with E-state index in [1.807, 2.05) is 53.1 Å². The minimum absolute atomic E-state index is 0.0245. The van der Waals surface area contributed by atoms with Gasteiger partial charge in [-0.15, -0.1) is 0 Å². The molecular weight excluding hydrogens is 340 g/mol. The van der Waals surface area contributed by atoms with Gasteiger partial charge in [-0.05, 0) is 24.1 Å². The first-order valence-electron chi connectivity index (χ1n) is 9.36. The maximum absolute atomic E-state index is 13.1. The van der Waals surface area contributed by atoms with Crippen molar-refractivity contribution in [2.75, 3.05) is 19.8 Å². The van der Waals surface area contributed by atoms with Crippen LogP contribution in [0.4, 0.5) is 0 Å². The summed E-state index contributed by atoms with van der Waals surface area (Å²) in [6, 6.07) is 20.0. The quantitative estimate of drug-likeness (QED) is 0.731. The number of likely N-dealkylation sites (tertiary alicyclic amines) is 1. The molecule has 0 bridgehead atoms. The number of aliphatic hydroxyl groups is 2. The van der Waals surface area contributed by atoms with Crippen LogP contribution in [0.25, 0.3) is 22.2 Å². The number of carbonyl (C=O) groups is 1. The molecule has 0 spiro atoms. The monoisotopic (exact) mass is 364 g/mol. The average Bonchev–Trinajstić information content (AvgIpc) is 3.30. The summed E-state index contributed by atoms with van der Waals surface area (Å²) in [5, 5.41) is 20.2. The van der Waals surface area contributed by atoms with Gasteiger partial charge in [-0.25, -0.2) is 0 Å². The largest absolute Gasteiger partial charge is 0.396 e. The number of amides is 1. The number of aromatic nitrogens is 1. The van der Waals surface area contributed by atoms with Crippen molar-refractivity contribution in [2.45, 2.75) is 19.0 Å². The van der Waals surface area contributed by atoms with Crippen LogP contribution in [-0.4, -0.2) is 51.4 Å². The van der Waals surface area contributed by atoms with Crippen LogP contribution >= 0.6 is 0 Å². The average molecular weight is 364 g/mol. The molecule has 1 aliphatic heterocycles. The van der Waals surface area contributed by atoms with E-state index in [1.165, 1.54) is 0 Å². The Kier molecular flexibility index (Phi) is 4.97. The van der Waals surface area contributed by atoms with Crippen LogP contribution in [0.3, 0.4) is 0 Å². The fraction of sp³-hybridized carbons (Fsp3) is 0.318. The molecule has 1 fully saturated rings. The van der Waals surface area contributed by atoms with Crippen LogP contribution in [0.15, 0.2) is 60.7 Å². The third-order valence-corrected chi connectivity index (χ3v) is 5.46. The molecule has 5 nitrogen and oxygen atoms in total. The van der Waals surface area contributed by atoms with Crippen molar-refractivity contribution in [1.29, 1.82) is 0 Å². The summed E-state index contributed by atoms with van der Waals surface area (Å²) < 4.78 is 2.05. The van der Waals surface area contributed by atoms with Gasteiger partial charge in [0, 0.05) is 35.7 Å². The Morgan fingerprint density at radius 3 is 2.48 bits per heavy atom. The highest BCUT2D eigenvalue weighted by Gasteiger charge is 2.34. The molecule has 1 saturated heterocycles. The van der Waals surface area contributed by atoms with E-state index in [1.54, 1.807) is 4.90 Å². The summed E-state index contributed by atoms with van der Waals surface area (Å²) in [4.78, 5) is 14.8. The maximum atomic E-state index is 13.1. The standard InChI is InChI=1S/C22H24N2O3/c25-14-16-10-19(15-26)23(12-16)22(27)13-24-20-9-5-4-8-18(20)11-21(24)17-6-2-1-3-7-17/h1-9,11,16,19,25-26H,10,12-15H2. The van der Waals surface area contributed by atoms with E-state index >= 15 is 0 Å². The molecule has 2 atom stereocenters. The Labute approximate surface area is 158 Å². The Morgan fingerprint density at radius 1 is 1.00 bits per heavy atom. The zero-order chi connectivity index (χ0) is 18.8. The second-order valence-electron chi connectivity index (χ2n) is 7.21. The van der Waals surface area contributed by atoms with E-state index in [0.717, 1.165) is 22.2 Å². The summed E-state index contributed by atoms with van der Waals surface area (Å²) in [7, 11) is 0. The first kappa shape index (κ1) is 17.8. The second-order valence-corrected chi connectivity index (χ2v) is 7.21. The zero-order valence-corrected chi connectivity index (χ0v) is 15.2. The minimum Gasteiger partial charge on any atom is -0.396 e. The molecule has 3 aromatic rings. The molecule has 4 rings (SSSR count). The van der Waals surface area contributed by atoms with Crippen LogP contribution in [0.5, 0.6) is 0 Å². The first-order chi connectivity index (χ1) is 13.2. The van der Waals surface area contributed by atoms with E-state index in [0.29, 0.717) is 13.0 Å². The van der Waals surface area contributed by atoms with Gasteiger partial charge in [-0.3, -0.25) is 4.79 Å². The number of carbonyl (C=O) groups excluding carboxylic acids is 1. The zero-order valence-electron chi connectivity index (χ0n) is 15.2. The Morgan fingerprint density at radius 2 is 1.74 bits per heavy atom.